The van der Waals surface area contributed by atoms with Crippen molar-refractivity contribution in [1.82, 2.24) is 0 Å². The number of carboxylic acid groups (broad SMARTS) is 2. The van der Waals surface area contributed by atoms with Gasteiger partial charge in [0.15, 0.2) is 9.79 Å². The number of hydrogen-bond acceptors (Lipinski definition) is 5. The highest BCUT2D eigenvalue weighted by Gasteiger charge is 2.17. The van der Waals surface area contributed by atoms with Gasteiger partial charge in [0.2, 0.25) is 0 Å². The molecule has 0 aliphatic carbocycles. The van der Waals surface area contributed by atoms with Crippen LogP contribution in [-0.2, 0) is 11.2 Å². The van der Waals surface area contributed by atoms with Crippen LogP contribution in [-0.4, -0.2) is 77.8 Å². The van der Waals surface area contributed by atoms with E-state index in [1.54, 1.807) is 0 Å². The van der Waals surface area contributed by atoms with Crippen LogP contribution in [0.15, 0.2) is 58.3 Å². The van der Waals surface area contributed by atoms with Gasteiger partial charge in [-0.05, 0) is 115 Å². The zero-order chi connectivity index (χ0) is 29.4. The first kappa shape index (κ1) is 35.6. The highest BCUT2D eigenvalue weighted by Crippen LogP contribution is 2.21. The maximum Gasteiger partial charge on any atom is 0.158 e. The van der Waals surface area contributed by atoms with E-state index in [1.807, 2.05) is 0 Å². The van der Waals surface area contributed by atoms with Gasteiger partial charge in [-0.15, -0.1) is 0 Å². The van der Waals surface area contributed by atoms with Crippen molar-refractivity contribution in [3.8, 4) is 0 Å². The number of benzene rings is 2. The molecule has 8 heteroatoms. The standard InChI is InChI=1S/C14H10O5S.2C8H20N/c15-13(16)9-1-5-11(6-2-9)20(19)12-7-3-10(4-8-12)14(17)18;2*1-5-9(6-2,7-3)8-4/h1-8H,(H,15,16)(H,17,18);2*5-8H2,1-4H3/q;2*+1/p-2. The van der Waals surface area contributed by atoms with E-state index >= 15 is 0 Å². The van der Waals surface area contributed by atoms with Gasteiger partial charge in [0.1, 0.15) is 0 Å². The minimum atomic E-state index is -1.52. The van der Waals surface area contributed by atoms with Crippen LogP contribution in [0.25, 0.3) is 0 Å². The first-order valence-corrected chi connectivity index (χ1v) is 14.9. The predicted molar refractivity (Wildman–Crippen MR) is 151 cm³/mol. The fourth-order valence-electron chi connectivity index (χ4n) is 4.25. The smallest absolute Gasteiger partial charge is 0.158 e. The third-order valence-electron chi connectivity index (χ3n) is 7.97. The molecule has 0 fully saturated rings. The van der Waals surface area contributed by atoms with E-state index in [0.717, 1.165) is 0 Å². The summed E-state index contributed by atoms with van der Waals surface area (Å²) in [6.07, 6.45) is 0. The number of carbonyl (C=O) groups excluding carboxylic acids is 2. The van der Waals surface area contributed by atoms with Gasteiger partial charge in [0.25, 0.3) is 0 Å². The number of rotatable bonds is 12. The van der Waals surface area contributed by atoms with Crippen LogP contribution in [0, 0.1) is 0 Å². The molecule has 214 valence electrons. The van der Waals surface area contributed by atoms with Gasteiger partial charge >= 0.3 is 0 Å². The summed E-state index contributed by atoms with van der Waals surface area (Å²) >= 11 is -1.52. The molecule has 0 saturated carbocycles. The Kier molecular flexibility index (Phi) is 16.9. The number of carboxylic acids is 2. The third kappa shape index (κ3) is 10.8. The molecule has 38 heavy (non-hydrogen) atoms. The topological polar surface area (TPSA) is 103 Å². The Morgan fingerprint density at radius 2 is 0.737 bits per heavy atom. The largest absolute Gasteiger partial charge is 0.606 e. The Bertz CT molecular complexity index is 828. The van der Waals surface area contributed by atoms with Gasteiger partial charge < -0.3 is 33.3 Å². The van der Waals surface area contributed by atoms with Crippen molar-refractivity contribution in [2.75, 3.05) is 52.4 Å². The maximum atomic E-state index is 12.2. The Hall–Kier alpha value is -2.39. The molecule has 2 aromatic rings. The van der Waals surface area contributed by atoms with Gasteiger partial charge in [-0.25, -0.2) is 0 Å². The molecule has 0 amide bonds. The average molecular weight is 549 g/mol. The van der Waals surface area contributed by atoms with E-state index in [9.17, 15) is 24.4 Å². The second-order valence-corrected chi connectivity index (χ2v) is 10.6. The fraction of sp³-hybridized carbons (Fsp3) is 0.533. The van der Waals surface area contributed by atoms with Gasteiger partial charge in [0, 0.05) is 11.2 Å². The first-order valence-electron chi connectivity index (χ1n) is 13.7. The van der Waals surface area contributed by atoms with E-state index in [2.05, 4.69) is 55.4 Å². The van der Waals surface area contributed by atoms with Crippen molar-refractivity contribution >= 4 is 23.1 Å². The predicted octanol–water partition coefficient (Wildman–Crippen LogP) is 3.35. The lowest BCUT2D eigenvalue weighted by molar-refractivity contribution is -0.921. The van der Waals surface area contributed by atoms with Crippen molar-refractivity contribution < 1.29 is 33.3 Å². The molecule has 0 unspecified atom stereocenters. The Morgan fingerprint density at radius 3 is 0.868 bits per heavy atom. The van der Waals surface area contributed by atoms with Crippen molar-refractivity contribution in [2.45, 2.75) is 65.2 Å². The van der Waals surface area contributed by atoms with Crippen molar-refractivity contribution in [3.63, 3.8) is 0 Å². The third-order valence-corrected chi connectivity index (χ3v) is 9.38. The zero-order valence-corrected chi connectivity index (χ0v) is 25.4. The molecule has 2 rings (SSSR count). The SMILES string of the molecule is CC[N+](CC)(CC)CC.CC[N+](CC)(CC)CC.O=C([O-])c1ccc([S+]([O-])c2ccc(C(=O)[O-])cc2)cc1. The van der Waals surface area contributed by atoms with Crippen LogP contribution in [0.2, 0.25) is 0 Å². The summed E-state index contributed by atoms with van der Waals surface area (Å²) in [6, 6.07) is 10.9. The molecule has 0 aromatic heterocycles. The summed E-state index contributed by atoms with van der Waals surface area (Å²) in [4.78, 5) is 22.0. The van der Waals surface area contributed by atoms with Crippen LogP contribution in [0.1, 0.15) is 76.1 Å². The quantitative estimate of drug-likeness (QED) is 0.299. The van der Waals surface area contributed by atoms with Crippen LogP contribution in [0.3, 0.4) is 0 Å². The molecule has 0 aliphatic heterocycles. The monoisotopic (exact) mass is 548 g/mol. The molecular weight excluding hydrogens is 500 g/mol. The van der Waals surface area contributed by atoms with E-state index in [4.69, 9.17) is 0 Å². The second kappa shape index (κ2) is 18.0. The van der Waals surface area contributed by atoms with E-state index in [1.165, 1.54) is 110 Å². The highest BCUT2D eigenvalue weighted by atomic mass is 32.2. The van der Waals surface area contributed by atoms with E-state index in [-0.39, 0.29) is 11.1 Å². The van der Waals surface area contributed by atoms with Crippen LogP contribution in [0.5, 0.6) is 0 Å². The summed E-state index contributed by atoms with van der Waals surface area (Å²) in [7, 11) is 0. The van der Waals surface area contributed by atoms with Crippen LogP contribution >= 0.6 is 0 Å². The molecule has 0 spiro atoms. The van der Waals surface area contributed by atoms with Crippen LogP contribution < -0.4 is 10.2 Å². The van der Waals surface area contributed by atoms with Gasteiger partial charge in [-0.3, -0.25) is 0 Å². The number of nitrogens with zero attached hydrogens (tertiary/aromatic N) is 2. The Labute approximate surface area is 233 Å². The summed E-state index contributed by atoms with van der Waals surface area (Å²) in [6.45, 7) is 28.4. The number of hydrogen-bond donors (Lipinski definition) is 0. The lowest BCUT2D eigenvalue weighted by Gasteiger charge is -2.34. The lowest BCUT2D eigenvalue weighted by Crippen LogP contribution is -2.47. The van der Waals surface area contributed by atoms with Gasteiger partial charge in [-0.1, -0.05) is 0 Å². The van der Waals surface area contributed by atoms with E-state index < -0.39 is 23.1 Å². The minimum absolute atomic E-state index is 0.00181. The van der Waals surface area contributed by atoms with Gasteiger partial charge in [0.05, 0.1) is 64.3 Å². The molecular formula is C30H48N2O5S. The summed E-state index contributed by atoms with van der Waals surface area (Å²) < 4.78 is 14.7. The van der Waals surface area contributed by atoms with Crippen molar-refractivity contribution in [1.29, 1.82) is 0 Å². The molecule has 0 aliphatic rings. The van der Waals surface area contributed by atoms with Crippen molar-refractivity contribution in [3.05, 3.63) is 59.7 Å². The Balaban J connectivity index is 0.000000636. The summed E-state index contributed by atoms with van der Waals surface area (Å²) in [5, 5.41) is 21.2. The number of carbonyl (C=O) groups is 2. The minimum Gasteiger partial charge on any atom is -0.606 e. The number of quaternary nitrogens is 2. The molecule has 0 radical (unpaired) electrons. The molecule has 7 nitrogen and oxygen atoms in total. The zero-order valence-electron chi connectivity index (χ0n) is 24.6. The highest BCUT2D eigenvalue weighted by molar-refractivity contribution is 7.91. The molecule has 0 bridgehead atoms. The van der Waals surface area contributed by atoms with E-state index in [0.29, 0.717) is 9.79 Å². The van der Waals surface area contributed by atoms with Crippen LogP contribution in [0.4, 0.5) is 0 Å². The second-order valence-electron chi connectivity index (χ2n) is 9.11. The lowest BCUT2D eigenvalue weighted by atomic mass is 10.2. The molecule has 0 heterocycles. The number of aromatic carboxylic acids is 2. The molecule has 0 saturated heterocycles. The molecule has 2 aromatic carbocycles. The van der Waals surface area contributed by atoms with Crippen molar-refractivity contribution in [2.24, 2.45) is 0 Å². The molecule has 0 atom stereocenters. The fourth-order valence-corrected chi connectivity index (χ4v) is 5.29. The Morgan fingerprint density at radius 1 is 0.526 bits per heavy atom. The molecule has 0 N–H and O–H groups in total. The average Bonchev–Trinajstić information content (AvgIpc) is 2.96. The van der Waals surface area contributed by atoms with Gasteiger partial charge in [-0.2, -0.15) is 0 Å². The normalized spacial score (nSPS) is 11.2. The maximum absolute atomic E-state index is 12.2. The first-order chi connectivity index (χ1) is 18.0. The summed E-state index contributed by atoms with van der Waals surface area (Å²) in [5.41, 5.74) is -0.00361. The summed E-state index contributed by atoms with van der Waals surface area (Å²) in [5.74, 6) is -2.61.